The zero-order chi connectivity index (χ0) is 24.8. The van der Waals surface area contributed by atoms with Crippen LogP contribution >= 0.6 is 11.6 Å². The number of phenolic OH excluding ortho intramolecular Hbond substituents is 1. The highest BCUT2D eigenvalue weighted by molar-refractivity contribution is 6.32. The third-order valence-corrected chi connectivity index (χ3v) is 7.39. The van der Waals surface area contributed by atoms with Crippen LogP contribution in [-0.2, 0) is 20.0 Å². The number of likely N-dealkylation sites (N-methyl/N-ethyl adjacent to an activating group) is 1. The summed E-state index contributed by atoms with van der Waals surface area (Å²) in [6.45, 7) is 1.34. The van der Waals surface area contributed by atoms with Gasteiger partial charge in [0, 0.05) is 28.0 Å². The molecule has 2 unspecified atom stereocenters. The number of nitrogens with two attached hydrogens (primary N) is 1. The van der Waals surface area contributed by atoms with Crippen molar-refractivity contribution in [1.29, 1.82) is 0 Å². The number of carbonyl (C=O) groups excluding carboxylic acids is 3. The van der Waals surface area contributed by atoms with Crippen LogP contribution in [0.2, 0.25) is 5.02 Å². The summed E-state index contributed by atoms with van der Waals surface area (Å²) < 4.78 is 0. The number of aromatic hydroxyl groups is 1. The molecule has 3 aliphatic carbocycles. The number of primary amides is 1. The molecule has 1 fully saturated rings. The highest BCUT2D eigenvalue weighted by atomic mass is 35.5. The number of hydrogen-bond acceptors (Lipinski definition) is 9. The molecule has 33 heavy (non-hydrogen) atoms. The number of carbonyl (C=O) groups is 3. The standard InChI is InChI=1S/C22H23ClN2O8/c1-21(32)7-6-8-15(25(2)3)17(28)13(20(24)31)19(30)22(8,33)18(29)11(7)16(27)12-10(26)5-4-9(23)14(12)21/h4-5,7-8,15,26-27,30,32-33H,6H2,1-3H3,(H2,24,31)/t7?,8?,15-,21+,22+/m1/s1. The fraction of sp³-hybridized carbons (Fsp3) is 0.409. The van der Waals surface area contributed by atoms with Gasteiger partial charge in [-0.15, -0.1) is 0 Å². The number of nitrogens with zero attached hydrogens (tertiary/aromatic N) is 1. The third kappa shape index (κ3) is 2.75. The van der Waals surface area contributed by atoms with Gasteiger partial charge in [-0.05, 0) is 39.6 Å². The summed E-state index contributed by atoms with van der Waals surface area (Å²) in [4.78, 5) is 40.1. The van der Waals surface area contributed by atoms with Gasteiger partial charge in [-0.1, -0.05) is 11.6 Å². The molecular weight excluding hydrogens is 456 g/mol. The van der Waals surface area contributed by atoms with Crippen LogP contribution in [0.5, 0.6) is 5.75 Å². The number of benzene rings is 1. The predicted molar refractivity (Wildman–Crippen MR) is 115 cm³/mol. The van der Waals surface area contributed by atoms with Crippen molar-refractivity contribution in [3.05, 3.63) is 45.2 Å². The minimum Gasteiger partial charge on any atom is -0.508 e. The molecule has 0 bridgehead atoms. The van der Waals surface area contributed by atoms with E-state index in [1.165, 1.54) is 38.1 Å². The molecule has 0 heterocycles. The van der Waals surface area contributed by atoms with E-state index in [0.29, 0.717) is 0 Å². The number of Topliss-reactive ketones (excluding diaryl/α,β-unsaturated/α-hetero) is 2. The van der Waals surface area contributed by atoms with E-state index in [1.807, 2.05) is 0 Å². The van der Waals surface area contributed by atoms with E-state index in [2.05, 4.69) is 0 Å². The van der Waals surface area contributed by atoms with E-state index in [9.17, 15) is 39.9 Å². The molecule has 0 saturated heterocycles. The van der Waals surface area contributed by atoms with Crippen LogP contribution in [0.1, 0.15) is 24.5 Å². The van der Waals surface area contributed by atoms with Crippen LogP contribution in [0.15, 0.2) is 29.0 Å². The summed E-state index contributed by atoms with van der Waals surface area (Å²) in [6, 6.07) is 1.24. The molecule has 7 N–H and O–H groups in total. The zero-order valence-electron chi connectivity index (χ0n) is 18.0. The molecule has 0 aromatic heterocycles. The Hall–Kier alpha value is -2.92. The van der Waals surface area contributed by atoms with Gasteiger partial charge in [0.05, 0.1) is 17.2 Å². The molecule has 1 aromatic carbocycles. The smallest absolute Gasteiger partial charge is 0.255 e. The molecular formula is C22H23ClN2O8. The predicted octanol–water partition coefficient (Wildman–Crippen LogP) is 0.282. The number of phenols is 1. The number of hydrogen-bond donors (Lipinski definition) is 6. The molecule has 176 valence electrons. The van der Waals surface area contributed by atoms with Gasteiger partial charge < -0.3 is 31.3 Å². The fourth-order valence-electron chi connectivity index (χ4n) is 5.58. The van der Waals surface area contributed by atoms with E-state index < -0.39 is 75.0 Å². The molecule has 4 rings (SSSR count). The molecule has 10 nitrogen and oxygen atoms in total. The van der Waals surface area contributed by atoms with Crippen LogP contribution in [0.4, 0.5) is 0 Å². The molecule has 1 saturated carbocycles. The summed E-state index contributed by atoms with van der Waals surface area (Å²) in [5.41, 5.74) is -1.10. The molecule has 5 atom stereocenters. The Morgan fingerprint density at radius 3 is 2.33 bits per heavy atom. The Balaban J connectivity index is 2.07. The van der Waals surface area contributed by atoms with Crippen molar-refractivity contribution in [2.75, 3.05) is 14.1 Å². The van der Waals surface area contributed by atoms with Crippen molar-refractivity contribution in [2.45, 2.75) is 30.6 Å². The minimum absolute atomic E-state index is 0.0187. The minimum atomic E-state index is -2.78. The van der Waals surface area contributed by atoms with E-state index in [1.54, 1.807) is 0 Å². The summed E-state index contributed by atoms with van der Waals surface area (Å²) in [5.74, 6) is -8.30. The molecule has 3 aliphatic rings. The van der Waals surface area contributed by atoms with Crippen LogP contribution in [0.25, 0.3) is 5.76 Å². The maximum absolute atomic E-state index is 13.7. The van der Waals surface area contributed by atoms with E-state index >= 15 is 0 Å². The summed E-state index contributed by atoms with van der Waals surface area (Å²) in [6.07, 6.45) is -0.259. The molecule has 0 aliphatic heterocycles. The Labute approximate surface area is 193 Å². The highest BCUT2D eigenvalue weighted by Gasteiger charge is 2.66. The van der Waals surface area contributed by atoms with Gasteiger partial charge in [0.1, 0.15) is 22.8 Å². The van der Waals surface area contributed by atoms with Gasteiger partial charge >= 0.3 is 0 Å². The first-order valence-electron chi connectivity index (χ1n) is 10.1. The van der Waals surface area contributed by atoms with Gasteiger partial charge in [0.15, 0.2) is 11.4 Å². The molecule has 0 radical (unpaired) electrons. The number of aliphatic hydroxyl groups is 4. The van der Waals surface area contributed by atoms with Crippen LogP contribution in [0.3, 0.4) is 0 Å². The lowest BCUT2D eigenvalue weighted by atomic mass is 9.54. The maximum Gasteiger partial charge on any atom is 0.255 e. The average molecular weight is 479 g/mol. The van der Waals surface area contributed by atoms with Crippen LogP contribution in [0, 0.1) is 11.8 Å². The summed E-state index contributed by atoms with van der Waals surface area (Å²) in [5, 5.41) is 55.2. The SMILES string of the molecule is CN(C)[C@H]1C(=O)C(C(N)=O)=C(O)[C@@]2(O)C(=O)C3=C(O)c4c(O)ccc(Cl)c4[C@@](C)(O)C3CC12. The van der Waals surface area contributed by atoms with Crippen LogP contribution < -0.4 is 5.73 Å². The topological polar surface area (TPSA) is 182 Å². The Morgan fingerprint density at radius 1 is 1.18 bits per heavy atom. The monoisotopic (exact) mass is 478 g/mol. The number of fused-ring (bicyclic) bond motifs is 3. The van der Waals surface area contributed by atoms with Crippen molar-refractivity contribution in [2.24, 2.45) is 17.6 Å². The molecule has 11 heteroatoms. The quantitative estimate of drug-likeness (QED) is 0.325. The van der Waals surface area contributed by atoms with Gasteiger partial charge in [-0.25, -0.2) is 0 Å². The Bertz CT molecular complexity index is 1200. The zero-order valence-corrected chi connectivity index (χ0v) is 18.7. The largest absolute Gasteiger partial charge is 0.508 e. The van der Waals surface area contributed by atoms with E-state index in [-0.39, 0.29) is 22.6 Å². The second-order valence-corrected chi connectivity index (χ2v) is 9.48. The van der Waals surface area contributed by atoms with Crippen molar-refractivity contribution in [3.63, 3.8) is 0 Å². The first-order chi connectivity index (χ1) is 15.2. The Morgan fingerprint density at radius 2 is 1.79 bits per heavy atom. The first-order valence-corrected chi connectivity index (χ1v) is 10.5. The molecule has 0 spiro atoms. The van der Waals surface area contributed by atoms with E-state index in [4.69, 9.17) is 17.3 Å². The number of rotatable bonds is 2. The highest BCUT2D eigenvalue weighted by Crippen LogP contribution is 2.58. The third-order valence-electron chi connectivity index (χ3n) is 7.07. The average Bonchev–Trinajstić information content (AvgIpc) is 2.69. The van der Waals surface area contributed by atoms with Crippen LogP contribution in [-0.4, -0.2) is 73.6 Å². The Kier molecular flexibility index (Phi) is 4.96. The van der Waals surface area contributed by atoms with Crippen molar-refractivity contribution in [1.82, 2.24) is 4.90 Å². The van der Waals surface area contributed by atoms with Crippen molar-refractivity contribution < 1.29 is 39.9 Å². The van der Waals surface area contributed by atoms with Gasteiger partial charge in [-0.3, -0.25) is 19.3 Å². The molecule has 1 amide bonds. The maximum atomic E-state index is 13.7. The lowest BCUT2D eigenvalue weighted by molar-refractivity contribution is -0.159. The summed E-state index contributed by atoms with van der Waals surface area (Å²) in [7, 11) is 2.97. The fourth-order valence-corrected chi connectivity index (χ4v) is 5.93. The van der Waals surface area contributed by atoms with Gasteiger partial charge in [-0.2, -0.15) is 0 Å². The number of amides is 1. The first kappa shape index (κ1) is 23.2. The lowest BCUT2D eigenvalue weighted by Crippen LogP contribution is -2.67. The van der Waals surface area contributed by atoms with Crippen molar-refractivity contribution >= 4 is 34.8 Å². The van der Waals surface area contributed by atoms with E-state index in [0.717, 1.165) is 0 Å². The second-order valence-electron chi connectivity index (χ2n) is 9.08. The number of aliphatic hydroxyl groups excluding tert-OH is 2. The summed E-state index contributed by atoms with van der Waals surface area (Å²) >= 11 is 6.28. The number of halogens is 1. The van der Waals surface area contributed by atoms with Gasteiger partial charge in [0.25, 0.3) is 5.91 Å². The van der Waals surface area contributed by atoms with Crippen molar-refractivity contribution in [3.8, 4) is 5.75 Å². The normalized spacial score (nSPS) is 33.7. The second kappa shape index (κ2) is 7.04. The van der Waals surface area contributed by atoms with Gasteiger partial charge in [0.2, 0.25) is 5.78 Å². The lowest BCUT2D eigenvalue weighted by Gasteiger charge is -2.53. The number of ketones is 2. The molecule has 1 aromatic rings.